The fourth-order valence-corrected chi connectivity index (χ4v) is 4.43. The van der Waals surface area contributed by atoms with Gasteiger partial charge in [0.1, 0.15) is 6.04 Å². The third-order valence-electron chi connectivity index (χ3n) is 5.47. The van der Waals surface area contributed by atoms with E-state index in [1.54, 1.807) is 12.1 Å². The molecule has 3 heterocycles. The molecule has 0 bridgehead atoms. The molecule has 4 rings (SSSR count). The lowest BCUT2D eigenvalue weighted by Crippen LogP contribution is -2.54. The molecule has 0 aromatic heterocycles. The first-order chi connectivity index (χ1) is 13.0. The second kappa shape index (κ2) is 7.16. The number of fused-ring (bicyclic) bond motifs is 1. The third-order valence-corrected chi connectivity index (χ3v) is 6.38. The van der Waals surface area contributed by atoms with Crippen molar-refractivity contribution in [3.63, 3.8) is 0 Å². The maximum Gasteiger partial charge on any atom is 0.262 e. The average molecular weight is 434 g/mol. The van der Waals surface area contributed by atoms with Gasteiger partial charge in [0.25, 0.3) is 11.8 Å². The minimum Gasteiger partial charge on any atom is -0.299 e. The predicted molar refractivity (Wildman–Crippen MR) is 100 cm³/mol. The smallest absolute Gasteiger partial charge is 0.262 e. The standard InChI is InChI=1S/C19H20BrN3O4/c20-12-6-8-22(9-7-12)10-11-2-1-3-13-16(11)19(27)23(18(13)26)14-4-5-15(24)21-17(14)25/h1-3,12,14H,4-10H2,(H,21,24,25). The molecule has 0 aliphatic carbocycles. The van der Waals surface area contributed by atoms with E-state index in [0.29, 0.717) is 22.5 Å². The lowest BCUT2D eigenvalue weighted by atomic mass is 10.0. The van der Waals surface area contributed by atoms with Gasteiger partial charge in [-0.05, 0) is 44.0 Å². The van der Waals surface area contributed by atoms with E-state index in [4.69, 9.17) is 0 Å². The van der Waals surface area contributed by atoms with Crippen LogP contribution >= 0.6 is 15.9 Å². The summed E-state index contributed by atoms with van der Waals surface area (Å²) in [6.07, 6.45) is 2.39. The molecule has 8 heteroatoms. The zero-order valence-corrected chi connectivity index (χ0v) is 16.3. The number of imide groups is 2. The number of hydrogen-bond donors (Lipinski definition) is 1. The molecule has 1 aromatic rings. The molecule has 2 fully saturated rings. The summed E-state index contributed by atoms with van der Waals surface area (Å²) in [5.74, 6) is -1.84. The molecular weight excluding hydrogens is 414 g/mol. The van der Waals surface area contributed by atoms with Gasteiger partial charge in [0.2, 0.25) is 11.8 Å². The van der Waals surface area contributed by atoms with Crippen molar-refractivity contribution in [1.82, 2.24) is 15.1 Å². The zero-order valence-electron chi connectivity index (χ0n) is 14.7. The predicted octanol–water partition coefficient (Wildman–Crippen LogP) is 1.45. The first kappa shape index (κ1) is 18.3. The maximum atomic E-state index is 13.1. The van der Waals surface area contributed by atoms with E-state index in [0.717, 1.165) is 36.4 Å². The van der Waals surface area contributed by atoms with Gasteiger partial charge in [-0.25, -0.2) is 0 Å². The first-order valence-corrected chi connectivity index (χ1v) is 10.1. The summed E-state index contributed by atoms with van der Waals surface area (Å²) < 4.78 is 0. The van der Waals surface area contributed by atoms with E-state index in [1.165, 1.54) is 0 Å². The summed E-state index contributed by atoms with van der Waals surface area (Å²) in [6.45, 7) is 2.46. The molecule has 7 nitrogen and oxygen atoms in total. The van der Waals surface area contributed by atoms with Gasteiger partial charge in [-0.2, -0.15) is 0 Å². The maximum absolute atomic E-state index is 13.1. The van der Waals surface area contributed by atoms with Gasteiger partial charge in [0.05, 0.1) is 11.1 Å². The Labute approximate surface area is 165 Å². The first-order valence-electron chi connectivity index (χ1n) is 9.15. The van der Waals surface area contributed by atoms with Crippen LogP contribution < -0.4 is 5.32 Å². The summed E-state index contributed by atoms with van der Waals surface area (Å²) >= 11 is 3.64. The monoisotopic (exact) mass is 433 g/mol. The highest BCUT2D eigenvalue weighted by molar-refractivity contribution is 9.09. The molecular formula is C19H20BrN3O4. The number of halogens is 1. The van der Waals surface area contributed by atoms with Gasteiger partial charge in [-0.3, -0.25) is 34.3 Å². The number of rotatable bonds is 3. The number of carbonyl (C=O) groups is 4. The van der Waals surface area contributed by atoms with Crippen LogP contribution in [0, 0.1) is 0 Å². The Morgan fingerprint density at radius 3 is 2.48 bits per heavy atom. The molecule has 3 aliphatic rings. The number of nitrogens with one attached hydrogen (secondary N) is 1. The number of piperidine rings is 2. The molecule has 2 saturated heterocycles. The summed E-state index contributed by atoms with van der Waals surface area (Å²) in [7, 11) is 0. The number of hydrogen-bond acceptors (Lipinski definition) is 5. The normalized spacial score (nSPS) is 24.3. The van der Waals surface area contributed by atoms with Gasteiger partial charge >= 0.3 is 0 Å². The second-order valence-electron chi connectivity index (χ2n) is 7.24. The Kier molecular flexibility index (Phi) is 4.86. The quantitative estimate of drug-likeness (QED) is 0.575. The Hall–Kier alpha value is -2.06. The van der Waals surface area contributed by atoms with Crippen LogP contribution in [0.25, 0.3) is 0 Å². The van der Waals surface area contributed by atoms with Gasteiger partial charge in [0.15, 0.2) is 0 Å². The summed E-state index contributed by atoms with van der Waals surface area (Å²) in [5.41, 5.74) is 1.56. The summed E-state index contributed by atoms with van der Waals surface area (Å²) in [4.78, 5) is 53.3. The molecule has 0 saturated carbocycles. The number of carbonyl (C=O) groups excluding carboxylic acids is 4. The third kappa shape index (κ3) is 3.32. The second-order valence-corrected chi connectivity index (χ2v) is 8.53. The minimum absolute atomic E-state index is 0.123. The highest BCUT2D eigenvalue weighted by Gasteiger charge is 2.45. The van der Waals surface area contributed by atoms with Gasteiger partial charge in [0, 0.05) is 17.8 Å². The summed E-state index contributed by atoms with van der Waals surface area (Å²) in [6, 6.07) is 4.37. The van der Waals surface area contributed by atoms with Crippen molar-refractivity contribution in [2.45, 2.75) is 43.1 Å². The van der Waals surface area contributed by atoms with Crippen molar-refractivity contribution < 1.29 is 19.2 Å². The van der Waals surface area contributed by atoms with Crippen LogP contribution in [0.2, 0.25) is 0 Å². The van der Waals surface area contributed by atoms with Crippen molar-refractivity contribution in [2.75, 3.05) is 13.1 Å². The Morgan fingerprint density at radius 2 is 1.78 bits per heavy atom. The van der Waals surface area contributed by atoms with Gasteiger partial charge in [-0.1, -0.05) is 28.1 Å². The van der Waals surface area contributed by atoms with Gasteiger partial charge in [-0.15, -0.1) is 0 Å². The largest absolute Gasteiger partial charge is 0.299 e. The topological polar surface area (TPSA) is 86.8 Å². The lowest BCUT2D eigenvalue weighted by Gasteiger charge is -2.30. The Balaban J connectivity index is 1.60. The molecule has 0 spiro atoms. The summed E-state index contributed by atoms with van der Waals surface area (Å²) in [5, 5.41) is 2.22. The van der Waals surface area contributed by atoms with Crippen molar-refractivity contribution in [3.05, 3.63) is 34.9 Å². The van der Waals surface area contributed by atoms with E-state index in [-0.39, 0.29) is 18.7 Å². The SMILES string of the molecule is O=C1CCC(N2C(=O)c3cccc(CN4CCC(Br)CC4)c3C2=O)C(=O)N1. The lowest BCUT2D eigenvalue weighted by molar-refractivity contribution is -0.136. The van der Waals surface area contributed by atoms with E-state index in [1.807, 2.05) is 6.07 Å². The number of nitrogens with zero attached hydrogens (tertiary/aromatic N) is 2. The zero-order chi connectivity index (χ0) is 19.1. The van der Waals surface area contributed by atoms with Crippen LogP contribution in [0.3, 0.4) is 0 Å². The van der Waals surface area contributed by atoms with Crippen molar-refractivity contribution in [3.8, 4) is 0 Å². The number of amides is 4. The van der Waals surface area contributed by atoms with Crippen LogP contribution in [0.4, 0.5) is 0 Å². The highest BCUT2D eigenvalue weighted by Crippen LogP contribution is 2.31. The molecule has 27 heavy (non-hydrogen) atoms. The van der Waals surface area contributed by atoms with Crippen LogP contribution in [0.15, 0.2) is 18.2 Å². The average Bonchev–Trinajstić information content (AvgIpc) is 2.89. The van der Waals surface area contributed by atoms with Crippen LogP contribution in [-0.2, 0) is 16.1 Å². The molecule has 1 N–H and O–H groups in total. The van der Waals surface area contributed by atoms with Gasteiger partial charge < -0.3 is 0 Å². The van der Waals surface area contributed by atoms with Crippen molar-refractivity contribution >= 4 is 39.6 Å². The van der Waals surface area contributed by atoms with Crippen LogP contribution in [0.5, 0.6) is 0 Å². The highest BCUT2D eigenvalue weighted by atomic mass is 79.9. The molecule has 1 atom stereocenters. The molecule has 142 valence electrons. The van der Waals surface area contributed by atoms with Crippen LogP contribution in [0.1, 0.15) is 52.0 Å². The molecule has 0 radical (unpaired) electrons. The number of benzene rings is 1. The van der Waals surface area contributed by atoms with Crippen molar-refractivity contribution in [1.29, 1.82) is 0 Å². The Morgan fingerprint density at radius 1 is 1.04 bits per heavy atom. The fraction of sp³-hybridized carbons (Fsp3) is 0.474. The number of alkyl halides is 1. The van der Waals surface area contributed by atoms with E-state index >= 15 is 0 Å². The number of likely N-dealkylation sites (tertiary alicyclic amines) is 1. The molecule has 3 aliphatic heterocycles. The van der Waals surface area contributed by atoms with E-state index in [2.05, 4.69) is 26.1 Å². The van der Waals surface area contributed by atoms with E-state index in [9.17, 15) is 19.2 Å². The Bertz CT molecular complexity index is 832. The molecule has 1 unspecified atom stereocenters. The minimum atomic E-state index is -0.924. The molecule has 4 amide bonds. The van der Waals surface area contributed by atoms with E-state index < -0.39 is 23.8 Å². The molecule has 1 aromatic carbocycles. The van der Waals surface area contributed by atoms with Crippen LogP contribution in [-0.4, -0.2) is 57.4 Å². The van der Waals surface area contributed by atoms with Crippen molar-refractivity contribution in [2.24, 2.45) is 0 Å². The fourth-order valence-electron chi connectivity index (χ4n) is 4.02.